The Balaban J connectivity index is 3.08. The van der Waals surface area contributed by atoms with Crippen LogP contribution < -0.4 is 0 Å². The Hall–Kier alpha value is -1.84. The number of esters is 1. The van der Waals surface area contributed by atoms with Gasteiger partial charge in [0, 0.05) is 12.0 Å². The minimum atomic E-state index is -0.620. The van der Waals surface area contributed by atoms with E-state index < -0.39 is 5.97 Å². The molecule has 0 saturated heterocycles. The number of aromatic hydroxyl groups is 1. The van der Waals surface area contributed by atoms with E-state index in [-0.39, 0.29) is 23.7 Å². The first kappa shape index (κ1) is 12.2. The van der Waals surface area contributed by atoms with Crippen LogP contribution in [0.1, 0.15) is 41.0 Å². The number of hydrogen-bond donors (Lipinski definition) is 1. The topological polar surface area (TPSA) is 63.6 Å². The number of rotatable bonds is 4. The van der Waals surface area contributed by atoms with Gasteiger partial charge in [0.15, 0.2) is 5.78 Å². The van der Waals surface area contributed by atoms with Crippen LogP contribution in [0, 0.1) is 0 Å². The normalized spacial score (nSPS) is 9.88. The van der Waals surface area contributed by atoms with Gasteiger partial charge in [0.2, 0.25) is 0 Å². The molecule has 0 radical (unpaired) electrons. The Morgan fingerprint density at radius 2 is 2.00 bits per heavy atom. The molecule has 16 heavy (non-hydrogen) atoms. The fourth-order valence-corrected chi connectivity index (χ4v) is 1.29. The van der Waals surface area contributed by atoms with Crippen LogP contribution in [0.3, 0.4) is 0 Å². The third kappa shape index (κ3) is 2.59. The van der Waals surface area contributed by atoms with Crippen molar-refractivity contribution in [1.82, 2.24) is 0 Å². The fourth-order valence-electron chi connectivity index (χ4n) is 1.29. The summed E-state index contributed by atoms with van der Waals surface area (Å²) < 4.78 is 4.77. The molecule has 1 aromatic carbocycles. The minimum absolute atomic E-state index is 0.0288. The van der Waals surface area contributed by atoms with Gasteiger partial charge in [0.25, 0.3) is 0 Å². The van der Waals surface area contributed by atoms with E-state index in [1.54, 1.807) is 13.8 Å². The molecule has 0 aromatic heterocycles. The number of phenols is 1. The number of hydrogen-bond acceptors (Lipinski definition) is 4. The Morgan fingerprint density at radius 1 is 1.31 bits per heavy atom. The lowest BCUT2D eigenvalue weighted by molar-refractivity contribution is 0.0523. The molecule has 0 aliphatic carbocycles. The molecule has 0 saturated carbocycles. The van der Waals surface area contributed by atoms with Crippen LogP contribution in [0.2, 0.25) is 0 Å². The summed E-state index contributed by atoms with van der Waals surface area (Å²) in [7, 11) is 0. The van der Waals surface area contributed by atoms with E-state index in [0.29, 0.717) is 12.0 Å². The summed E-state index contributed by atoms with van der Waals surface area (Å²) in [6, 6.07) is 4.18. The standard InChI is InChI=1S/C12H14O4/c1-3-10(13)8-5-6-11(14)9(7-8)12(15)16-4-2/h5-7,14H,3-4H2,1-2H3. The van der Waals surface area contributed by atoms with Gasteiger partial charge in [0.1, 0.15) is 11.3 Å². The smallest absolute Gasteiger partial charge is 0.341 e. The van der Waals surface area contributed by atoms with E-state index in [2.05, 4.69) is 0 Å². The van der Waals surface area contributed by atoms with E-state index in [1.165, 1.54) is 18.2 Å². The third-order valence-corrected chi connectivity index (χ3v) is 2.13. The molecule has 0 heterocycles. The maximum atomic E-state index is 11.4. The molecule has 4 heteroatoms. The number of ether oxygens (including phenoxy) is 1. The molecular formula is C12H14O4. The maximum Gasteiger partial charge on any atom is 0.341 e. The second kappa shape index (κ2) is 5.30. The first-order valence-corrected chi connectivity index (χ1v) is 5.13. The summed E-state index contributed by atoms with van der Waals surface area (Å²) in [6.45, 7) is 3.64. The molecule has 0 spiro atoms. The number of ketones is 1. The van der Waals surface area contributed by atoms with Crippen molar-refractivity contribution in [2.24, 2.45) is 0 Å². The van der Waals surface area contributed by atoms with Crippen LogP contribution in [-0.2, 0) is 4.74 Å². The first-order chi connectivity index (χ1) is 7.60. The predicted octanol–water partition coefficient (Wildman–Crippen LogP) is 2.16. The Bertz CT molecular complexity index is 409. The quantitative estimate of drug-likeness (QED) is 0.626. The van der Waals surface area contributed by atoms with Crippen molar-refractivity contribution in [3.05, 3.63) is 29.3 Å². The second-order valence-corrected chi connectivity index (χ2v) is 3.23. The zero-order valence-corrected chi connectivity index (χ0v) is 9.32. The van der Waals surface area contributed by atoms with Gasteiger partial charge in [-0.2, -0.15) is 0 Å². The van der Waals surface area contributed by atoms with Crippen molar-refractivity contribution in [2.75, 3.05) is 6.61 Å². The van der Waals surface area contributed by atoms with Gasteiger partial charge in [-0.05, 0) is 25.1 Å². The van der Waals surface area contributed by atoms with Gasteiger partial charge in [-0.1, -0.05) is 6.92 Å². The molecule has 0 amide bonds. The molecule has 0 bridgehead atoms. The molecular weight excluding hydrogens is 208 g/mol. The lowest BCUT2D eigenvalue weighted by atomic mass is 10.0. The third-order valence-electron chi connectivity index (χ3n) is 2.13. The highest BCUT2D eigenvalue weighted by molar-refractivity contribution is 6.00. The lowest BCUT2D eigenvalue weighted by Crippen LogP contribution is -2.07. The van der Waals surface area contributed by atoms with Gasteiger partial charge in [-0.3, -0.25) is 4.79 Å². The molecule has 0 unspecified atom stereocenters. The number of phenolic OH excluding ortho intramolecular Hbond substituents is 1. The van der Waals surface area contributed by atoms with Gasteiger partial charge < -0.3 is 9.84 Å². The summed E-state index contributed by atoms with van der Waals surface area (Å²) in [6.07, 6.45) is 0.354. The van der Waals surface area contributed by atoms with Crippen molar-refractivity contribution in [3.63, 3.8) is 0 Å². The average Bonchev–Trinajstić information content (AvgIpc) is 2.29. The van der Waals surface area contributed by atoms with Crippen LogP contribution in [0.5, 0.6) is 5.75 Å². The van der Waals surface area contributed by atoms with E-state index in [4.69, 9.17) is 4.74 Å². The zero-order valence-electron chi connectivity index (χ0n) is 9.32. The maximum absolute atomic E-state index is 11.4. The largest absolute Gasteiger partial charge is 0.507 e. The van der Waals surface area contributed by atoms with E-state index in [0.717, 1.165) is 0 Å². The SMILES string of the molecule is CCOC(=O)c1cc(C(=O)CC)ccc1O. The van der Waals surface area contributed by atoms with E-state index >= 15 is 0 Å². The Labute approximate surface area is 93.9 Å². The van der Waals surface area contributed by atoms with Crippen LogP contribution in [0.25, 0.3) is 0 Å². The van der Waals surface area contributed by atoms with Crippen molar-refractivity contribution in [1.29, 1.82) is 0 Å². The molecule has 0 fully saturated rings. The highest BCUT2D eigenvalue weighted by Crippen LogP contribution is 2.20. The highest BCUT2D eigenvalue weighted by Gasteiger charge is 2.14. The van der Waals surface area contributed by atoms with Gasteiger partial charge in [-0.15, -0.1) is 0 Å². The van der Waals surface area contributed by atoms with Crippen molar-refractivity contribution < 1.29 is 19.4 Å². The van der Waals surface area contributed by atoms with Crippen LogP contribution in [0.4, 0.5) is 0 Å². The van der Waals surface area contributed by atoms with Crippen LogP contribution >= 0.6 is 0 Å². The molecule has 1 N–H and O–H groups in total. The summed E-state index contributed by atoms with van der Waals surface area (Å²) in [4.78, 5) is 22.9. The van der Waals surface area contributed by atoms with Crippen molar-refractivity contribution >= 4 is 11.8 Å². The monoisotopic (exact) mass is 222 g/mol. The summed E-state index contributed by atoms with van der Waals surface area (Å²) in [5.41, 5.74) is 0.435. The average molecular weight is 222 g/mol. The molecule has 1 rings (SSSR count). The Morgan fingerprint density at radius 3 is 2.56 bits per heavy atom. The highest BCUT2D eigenvalue weighted by atomic mass is 16.5. The molecule has 86 valence electrons. The van der Waals surface area contributed by atoms with Crippen LogP contribution in [0.15, 0.2) is 18.2 Å². The Kier molecular flexibility index (Phi) is 4.05. The zero-order chi connectivity index (χ0) is 12.1. The number of carbonyl (C=O) groups excluding carboxylic acids is 2. The summed E-state index contributed by atoms with van der Waals surface area (Å²) in [5, 5.41) is 9.47. The summed E-state index contributed by atoms with van der Waals surface area (Å²) in [5.74, 6) is -0.873. The van der Waals surface area contributed by atoms with Crippen molar-refractivity contribution in [2.45, 2.75) is 20.3 Å². The van der Waals surface area contributed by atoms with Gasteiger partial charge >= 0.3 is 5.97 Å². The summed E-state index contributed by atoms with van der Waals surface area (Å²) >= 11 is 0. The predicted molar refractivity (Wildman–Crippen MR) is 58.7 cm³/mol. The molecule has 4 nitrogen and oxygen atoms in total. The lowest BCUT2D eigenvalue weighted by Gasteiger charge is -2.06. The number of Topliss-reactive ketones (excluding diaryl/α,β-unsaturated/α-hetero) is 1. The minimum Gasteiger partial charge on any atom is -0.507 e. The van der Waals surface area contributed by atoms with Crippen molar-refractivity contribution in [3.8, 4) is 5.75 Å². The number of carbonyl (C=O) groups is 2. The molecule has 1 aromatic rings. The van der Waals surface area contributed by atoms with E-state index in [1.807, 2.05) is 0 Å². The number of benzene rings is 1. The van der Waals surface area contributed by atoms with Gasteiger partial charge in [0.05, 0.1) is 6.61 Å². The molecule has 0 aliphatic rings. The van der Waals surface area contributed by atoms with E-state index in [9.17, 15) is 14.7 Å². The first-order valence-electron chi connectivity index (χ1n) is 5.13. The molecule has 0 aliphatic heterocycles. The van der Waals surface area contributed by atoms with Crippen LogP contribution in [-0.4, -0.2) is 23.5 Å². The molecule has 0 atom stereocenters. The second-order valence-electron chi connectivity index (χ2n) is 3.23. The fraction of sp³-hybridized carbons (Fsp3) is 0.333. The van der Waals surface area contributed by atoms with Gasteiger partial charge in [-0.25, -0.2) is 4.79 Å².